The van der Waals surface area contributed by atoms with Crippen LogP contribution in [0.2, 0.25) is 0 Å². The summed E-state index contributed by atoms with van der Waals surface area (Å²) in [5.41, 5.74) is 1.17. The summed E-state index contributed by atoms with van der Waals surface area (Å²) < 4.78 is 5.04. The molecule has 0 radical (unpaired) electrons. The maximum atomic E-state index is 5.04. The predicted molar refractivity (Wildman–Crippen MR) is 51.5 cm³/mol. The van der Waals surface area contributed by atoms with Gasteiger partial charge in [-0.05, 0) is 13.8 Å². The summed E-state index contributed by atoms with van der Waals surface area (Å²) >= 11 is 0. The molecule has 2 N–H and O–H groups in total. The van der Waals surface area contributed by atoms with Gasteiger partial charge in [0, 0.05) is 31.0 Å². The highest BCUT2D eigenvalue weighted by atomic mass is 16.5. The predicted octanol–water partition coefficient (Wildman–Crippen LogP) is 1.10. The molecular formula is C9H17N3O. The number of H-pyrrole nitrogens is 1. The van der Waals surface area contributed by atoms with Gasteiger partial charge in [-0.2, -0.15) is 5.10 Å². The average molecular weight is 183 g/mol. The van der Waals surface area contributed by atoms with E-state index in [0.29, 0.717) is 12.1 Å². The smallest absolute Gasteiger partial charge is 0.0613 e. The molecule has 0 saturated heterocycles. The van der Waals surface area contributed by atoms with Crippen molar-refractivity contribution in [3.8, 4) is 0 Å². The molecule has 2 unspecified atom stereocenters. The summed E-state index contributed by atoms with van der Waals surface area (Å²) in [4.78, 5) is 0. The number of methoxy groups -OCH3 is 1. The van der Waals surface area contributed by atoms with E-state index in [1.54, 1.807) is 7.11 Å². The van der Waals surface area contributed by atoms with Gasteiger partial charge in [0.1, 0.15) is 0 Å². The Kier molecular flexibility index (Phi) is 3.92. The van der Waals surface area contributed by atoms with Crippen LogP contribution in [-0.4, -0.2) is 30.0 Å². The largest absolute Gasteiger partial charge is 0.383 e. The molecule has 74 valence electrons. The summed E-state index contributed by atoms with van der Waals surface area (Å²) in [6.45, 7) is 4.93. The third-order valence-electron chi connectivity index (χ3n) is 1.97. The van der Waals surface area contributed by atoms with E-state index in [2.05, 4.69) is 29.4 Å². The molecule has 0 amide bonds. The first-order valence-corrected chi connectivity index (χ1v) is 4.47. The number of nitrogens with zero attached hydrogens (tertiary/aromatic N) is 1. The van der Waals surface area contributed by atoms with Crippen LogP contribution in [0, 0.1) is 0 Å². The molecule has 1 aromatic heterocycles. The van der Waals surface area contributed by atoms with Gasteiger partial charge in [-0.15, -0.1) is 0 Å². The Bertz CT molecular complexity index is 223. The fourth-order valence-electron chi connectivity index (χ4n) is 1.32. The minimum absolute atomic E-state index is 0.309. The maximum Gasteiger partial charge on any atom is 0.0613 e. The third kappa shape index (κ3) is 3.16. The van der Waals surface area contributed by atoms with Crippen molar-refractivity contribution >= 4 is 0 Å². The van der Waals surface area contributed by atoms with E-state index in [9.17, 15) is 0 Å². The first-order chi connectivity index (χ1) is 6.24. The lowest BCUT2D eigenvalue weighted by Gasteiger charge is -2.17. The normalized spacial score (nSPS) is 15.6. The highest BCUT2D eigenvalue weighted by Gasteiger charge is 2.09. The lowest BCUT2D eigenvalue weighted by molar-refractivity contribution is 0.168. The summed E-state index contributed by atoms with van der Waals surface area (Å²) in [5, 5.41) is 10.1. The molecule has 0 aliphatic heterocycles. The Labute approximate surface area is 78.7 Å². The molecule has 0 aliphatic carbocycles. The van der Waals surface area contributed by atoms with Crippen molar-refractivity contribution in [1.29, 1.82) is 0 Å². The second-order valence-electron chi connectivity index (χ2n) is 3.28. The first-order valence-electron chi connectivity index (χ1n) is 4.47. The molecule has 1 aromatic rings. The molecule has 1 heterocycles. The Morgan fingerprint density at radius 1 is 1.62 bits per heavy atom. The van der Waals surface area contributed by atoms with Crippen LogP contribution in [0.4, 0.5) is 0 Å². The molecule has 4 heteroatoms. The van der Waals surface area contributed by atoms with Crippen LogP contribution in [0.5, 0.6) is 0 Å². The second kappa shape index (κ2) is 4.99. The van der Waals surface area contributed by atoms with Crippen molar-refractivity contribution in [2.75, 3.05) is 13.7 Å². The topological polar surface area (TPSA) is 49.9 Å². The Morgan fingerprint density at radius 2 is 2.38 bits per heavy atom. The summed E-state index contributed by atoms with van der Waals surface area (Å²) in [6.07, 6.45) is 3.73. The number of rotatable bonds is 5. The van der Waals surface area contributed by atoms with Gasteiger partial charge in [-0.1, -0.05) is 0 Å². The minimum atomic E-state index is 0.309. The SMILES string of the molecule is COCC(C)NC(C)c1cn[nH]c1. The van der Waals surface area contributed by atoms with E-state index in [4.69, 9.17) is 4.74 Å². The van der Waals surface area contributed by atoms with Gasteiger partial charge in [-0.3, -0.25) is 5.10 Å². The molecule has 0 bridgehead atoms. The van der Waals surface area contributed by atoms with Crippen molar-refractivity contribution in [2.45, 2.75) is 25.9 Å². The molecule has 13 heavy (non-hydrogen) atoms. The Morgan fingerprint density at radius 3 is 2.92 bits per heavy atom. The molecule has 1 rings (SSSR count). The molecule has 0 aromatic carbocycles. The van der Waals surface area contributed by atoms with Gasteiger partial charge in [0.2, 0.25) is 0 Å². The van der Waals surface area contributed by atoms with Crippen LogP contribution in [0.1, 0.15) is 25.5 Å². The number of nitrogens with one attached hydrogen (secondary N) is 2. The summed E-state index contributed by atoms with van der Waals surface area (Å²) in [6, 6.07) is 0.666. The fraction of sp³-hybridized carbons (Fsp3) is 0.667. The highest BCUT2D eigenvalue weighted by Crippen LogP contribution is 2.09. The van der Waals surface area contributed by atoms with Crippen molar-refractivity contribution in [1.82, 2.24) is 15.5 Å². The lowest BCUT2D eigenvalue weighted by Crippen LogP contribution is -2.32. The van der Waals surface area contributed by atoms with E-state index in [1.165, 1.54) is 5.56 Å². The van der Waals surface area contributed by atoms with Crippen LogP contribution in [0.25, 0.3) is 0 Å². The zero-order valence-electron chi connectivity index (χ0n) is 8.37. The number of aromatic nitrogens is 2. The second-order valence-corrected chi connectivity index (χ2v) is 3.28. The molecule has 2 atom stereocenters. The molecule has 0 saturated carbocycles. The van der Waals surface area contributed by atoms with E-state index in [-0.39, 0.29) is 0 Å². The Balaban J connectivity index is 2.37. The van der Waals surface area contributed by atoms with Gasteiger partial charge in [0.25, 0.3) is 0 Å². The number of hydrogen-bond donors (Lipinski definition) is 2. The van der Waals surface area contributed by atoms with Crippen LogP contribution >= 0.6 is 0 Å². The van der Waals surface area contributed by atoms with Crippen LogP contribution < -0.4 is 5.32 Å². The Hall–Kier alpha value is -0.870. The summed E-state index contributed by atoms with van der Waals surface area (Å²) in [7, 11) is 1.71. The fourth-order valence-corrected chi connectivity index (χ4v) is 1.32. The van der Waals surface area contributed by atoms with Gasteiger partial charge in [0.15, 0.2) is 0 Å². The van der Waals surface area contributed by atoms with E-state index < -0.39 is 0 Å². The van der Waals surface area contributed by atoms with Crippen molar-refractivity contribution in [3.63, 3.8) is 0 Å². The molecule has 4 nitrogen and oxygen atoms in total. The average Bonchev–Trinajstić information content (AvgIpc) is 2.55. The third-order valence-corrected chi connectivity index (χ3v) is 1.97. The summed E-state index contributed by atoms with van der Waals surface area (Å²) in [5.74, 6) is 0. The van der Waals surface area contributed by atoms with Gasteiger partial charge >= 0.3 is 0 Å². The lowest BCUT2D eigenvalue weighted by atomic mass is 10.2. The number of aromatic amines is 1. The van der Waals surface area contributed by atoms with Crippen molar-refractivity contribution in [3.05, 3.63) is 18.0 Å². The van der Waals surface area contributed by atoms with E-state index in [0.717, 1.165) is 6.61 Å². The molecule has 0 spiro atoms. The monoisotopic (exact) mass is 183 g/mol. The van der Waals surface area contributed by atoms with Crippen LogP contribution in [0.3, 0.4) is 0 Å². The van der Waals surface area contributed by atoms with E-state index >= 15 is 0 Å². The zero-order valence-corrected chi connectivity index (χ0v) is 8.37. The van der Waals surface area contributed by atoms with Gasteiger partial charge in [-0.25, -0.2) is 0 Å². The van der Waals surface area contributed by atoms with Crippen molar-refractivity contribution in [2.24, 2.45) is 0 Å². The quantitative estimate of drug-likeness (QED) is 0.718. The highest BCUT2D eigenvalue weighted by molar-refractivity contribution is 5.08. The zero-order chi connectivity index (χ0) is 9.68. The molecule has 0 fully saturated rings. The molecular weight excluding hydrogens is 166 g/mol. The first kappa shape index (κ1) is 10.2. The number of hydrogen-bond acceptors (Lipinski definition) is 3. The molecule has 0 aliphatic rings. The number of ether oxygens (including phenoxy) is 1. The minimum Gasteiger partial charge on any atom is -0.383 e. The van der Waals surface area contributed by atoms with Crippen LogP contribution in [0.15, 0.2) is 12.4 Å². The van der Waals surface area contributed by atoms with E-state index in [1.807, 2.05) is 12.4 Å². The standard InChI is InChI=1S/C9H17N3O/c1-7(6-13-3)12-8(2)9-4-10-11-5-9/h4-5,7-8,12H,6H2,1-3H3,(H,10,11). The van der Waals surface area contributed by atoms with Gasteiger partial charge < -0.3 is 10.1 Å². The van der Waals surface area contributed by atoms with Crippen LogP contribution in [-0.2, 0) is 4.74 Å². The van der Waals surface area contributed by atoms with Crippen molar-refractivity contribution < 1.29 is 4.74 Å². The maximum absolute atomic E-state index is 5.04. The van der Waals surface area contributed by atoms with Gasteiger partial charge in [0.05, 0.1) is 12.8 Å².